The lowest BCUT2D eigenvalue weighted by atomic mass is 10.0. The van der Waals surface area contributed by atoms with Crippen LogP contribution in [0.4, 0.5) is 0 Å². The molecule has 0 radical (unpaired) electrons. The van der Waals surface area contributed by atoms with E-state index in [1.807, 2.05) is 0 Å². The first-order valence-electron chi connectivity index (χ1n) is 13.4. The molecule has 1 heterocycles. The van der Waals surface area contributed by atoms with Crippen LogP contribution in [0, 0.1) is 0 Å². The number of carbonyl (C=O) groups is 6. The fourth-order valence-electron chi connectivity index (χ4n) is 4.42. The van der Waals surface area contributed by atoms with Crippen LogP contribution in [0.2, 0.25) is 0 Å². The summed E-state index contributed by atoms with van der Waals surface area (Å²) in [6.45, 7) is 0. The number of hydrogen-bond acceptors (Lipinski definition) is 7. The molecule has 1 aromatic heterocycles. The molecule has 0 saturated heterocycles. The molecular formula is C29H33N5O9. The number of rotatable bonds is 16. The number of para-hydroxylation sites is 1. The van der Waals surface area contributed by atoms with Crippen LogP contribution in [0.3, 0.4) is 0 Å². The molecule has 0 bridgehead atoms. The topological polar surface area (TPSA) is 241 Å². The molecule has 0 saturated carbocycles. The molecular weight excluding hydrogens is 562 g/mol. The van der Waals surface area contributed by atoms with Gasteiger partial charge in [-0.15, -0.1) is 0 Å². The maximum absolute atomic E-state index is 13.3. The van der Waals surface area contributed by atoms with E-state index in [0.29, 0.717) is 5.56 Å². The Morgan fingerprint density at radius 3 is 1.98 bits per heavy atom. The van der Waals surface area contributed by atoms with E-state index in [-0.39, 0.29) is 12.8 Å². The lowest BCUT2D eigenvalue weighted by Gasteiger charge is -2.24. The Labute approximate surface area is 245 Å². The number of benzene rings is 2. The first-order chi connectivity index (χ1) is 20.4. The first kappa shape index (κ1) is 32.3. The quantitative estimate of drug-likeness (QED) is 0.111. The predicted molar refractivity (Wildman–Crippen MR) is 153 cm³/mol. The van der Waals surface area contributed by atoms with Gasteiger partial charge in [0.1, 0.15) is 18.1 Å². The number of carbonyl (C=O) groups excluding carboxylic acids is 3. The second kappa shape index (κ2) is 15.1. The maximum Gasteiger partial charge on any atom is 0.326 e. The molecule has 3 aromatic rings. The molecule has 2 aromatic carbocycles. The number of fused-ring (bicyclic) bond motifs is 1. The summed E-state index contributed by atoms with van der Waals surface area (Å²) in [5, 5.41) is 35.6. The van der Waals surface area contributed by atoms with Gasteiger partial charge in [-0.2, -0.15) is 0 Å². The summed E-state index contributed by atoms with van der Waals surface area (Å²) >= 11 is 0. The largest absolute Gasteiger partial charge is 0.481 e. The molecule has 3 rings (SSSR count). The molecule has 14 heteroatoms. The molecule has 9 N–H and O–H groups in total. The molecule has 3 amide bonds. The van der Waals surface area contributed by atoms with Crippen LogP contribution >= 0.6 is 0 Å². The summed E-state index contributed by atoms with van der Waals surface area (Å²) < 4.78 is 0. The highest BCUT2D eigenvalue weighted by molar-refractivity contribution is 5.96. The van der Waals surface area contributed by atoms with Gasteiger partial charge in [0, 0.05) is 29.9 Å². The monoisotopic (exact) mass is 595 g/mol. The number of nitrogens with one attached hydrogen (secondary N) is 4. The van der Waals surface area contributed by atoms with Crippen LogP contribution in [0.15, 0.2) is 60.8 Å². The summed E-state index contributed by atoms with van der Waals surface area (Å²) in [6.07, 6.45) is -0.197. The zero-order valence-electron chi connectivity index (χ0n) is 23.0. The van der Waals surface area contributed by atoms with E-state index in [2.05, 4.69) is 20.9 Å². The lowest BCUT2D eigenvalue weighted by molar-refractivity contribution is -0.144. The Kier molecular flexibility index (Phi) is 11.3. The van der Waals surface area contributed by atoms with Gasteiger partial charge >= 0.3 is 17.9 Å². The molecule has 4 unspecified atom stereocenters. The Morgan fingerprint density at radius 2 is 1.33 bits per heavy atom. The van der Waals surface area contributed by atoms with E-state index < -0.39 is 79.1 Å². The highest BCUT2D eigenvalue weighted by Gasteiger charge is 2.32. The van der Waals surface area contributed by atoms with Gasteiger partial charge in [-0.1, -0.05) is 48.5 Å². The number of hydrogen-bond donors (Lipinski definition) is 8. The van der Waals surface area contributed by atoms with E-state index in [1.165, 1.54) is 0 Å². The number of aromatic nitrogens is 1. The summed E-state index contributed by atoms with van der Waals surface area (Å²) in [6, 6.07) is 10.2. The van der Waals surface area contributed by atoms with Gasteiger partial charge in [-0.25, -0.2) is 4.79 Å². The number of nitrogens with two attached hydrogens (primary N) is 1. The number of H-pyrrole nitrogens is 1. The van der Waals surface area contributed by atoms with Gasteiger partial charge in [-0.3, -0.25) is 24.0 Å². The number of aliphatic carboxylic acids is 3. The standard InChI is InChI=1S/C29H33N5O9/c30-19(12-16-6-2-1-3-7-16)26(39)33-23(14-25(37)38)28(41)34-22(13-17-15-31-20-9-5-4-8-18(17)20)27(40)32-21(29(42)43)10-11-24(35)36/h1-9,15,19,21-23,31H,10-14,30H2,(H,32,40)(H,33,39)(H,34,41)(H,35,36)(H,37,38)(H,42,43). The normalized spacial score (nSPS) is 13.7. The second-order valence-electron chi connectivity index (χ2n) is 9.91. The minimum atomic E-state index is -1.62. The van der Waals surface area contributed by atoms with Crippen molar-refractivity contribution in [3.05, 3.63) is 71.9 Å². The molecule has 43 heavy (non-hydrogen) atoms. The third-order valence-corrected chi connectivity index (χ3v) is 6.64. The molecule has 228 valence electrons. The van der Waals surface area contributed by atoms with Crippen molar-refractivity contribution < 1.29 is 44.1 Å². The Bertz CT molecular complexity index is 1470. The smallest absolute Gasteiger partial charge is 0.326 e. The van der Waals surface area contributed by atoms with Crippen molar-refractivity contribution in [3.8, 4) is 0 Å². The van der Waals surface area contributed by atoms with Crippen molar-refractivity contribution in [1.29, 1.82) is 0 Å². The Hall–Kier alpha value is -5.24. The third-order valence-electron chi connectivity index (χ3n) is 6.64. The van der Waals surface area contributed by atoms with E-state index in [1.54, 1.807) is 60.8 Å². The summed E-state index contributed by atoms with van der Waals surface area (Å²) in [7, 11) is 0. The molecule has 0 spiro atoms. The van der Waals surface area contributed by atoms with Gasteiger partial charge in [0.25, 0.3) is 0 Å². The van der Waals surface area contributed by atoms with E-state index in [9.17, 15) is 39.0 Å². The number of aromatic amines is 1. The van der Waals surface area contributed by atoms with Crippen molar-refractivity contribution >= 4 is 46.5 Å². The van der Waals surface area contributed by atoms with Crippen LogP contribution in [-0.4, -0.2) is 80.1 Å². The van der Waals surface area contributed by atoms with Gasteiger partial charge in [0.15, 0.2) is 0 Å². The highest BCUT2D eigenvalue weighted by atomic mass is 16.4. The van der Waals surface area contributed by atoms with Crippen molar-refractivity contribution in [3.63, 3.8) is 0 Å². The second-order valence-corrected chi connectivity index (χ2v) is 9.91. The van der Waals surface area contributed by atoms with Crippen LogP contribution in [0.5, 0.6) is 0 Å². The van der Waals surface area contributed by atoms with Gasteiger partial charge in [0.2, 0.25) is 17.7 Å². The molecule has 0 aliphatic carbocycles. The van der Waals surface area contributed by atoms with E-state index in [4.69, 9.17) is 10.8 Å². The van der Waals surface area contributed by atoms with Crippen LogP contribution in [0.1, 0.15) is 30.4 Å². The Balaban J connectivity index is 1.82. The minimum Gasteiger partial charge on any atom is -0.481 e. The third kappa shape index (κ3) is 9.67. The SMILES string of the molecule is NC(Cc1ccccc1)C(=O)NC(CC(=O)O)C(=O)NC(Cc1c[nH]c2ccccc12)C(=O)NC(CCC(=O)O)C(=O)O. The van der Waals surface area contributed by atoms with Crippen LogP contribution < -0.4 is 21.7 Å². The van der Waals surface area contributed by atoms with E-state index >= 15 is 0 Å². The first-order valence-corrected chi connectivity index (χ1v) is 13.4. The number of carboxylic acid groups (broad SMARTS) is 3. The van der Waals surface area contributed by atoms with E-state index in [0.717, 1.165) is 16.5 Å². The fraction of sp³-hybridized carbons (Fsp3) is 0.310. The van der Waals surface area contributed by atoms with Gasteiger partial charge in [-0.05, 0) is 30.0 Å². The Morgan fingerprint density at radius 1 is 0.721 bits per heavy atom. The summed E-state index contributed by atoms with van der Waals surface area (Å²) in [4.78, 5) is 76.7. The van der Waals surface area contributed by atoms with Crippen molar-refractivity contribution in [1.82, 2.24) is 20.9 Å². The lowest BCUT2D eigenvalue weighted by Crippen LogP contribution is -2.58. The maximum atomic E-state index is 13.3. The molecule has 0 fully saturated rings. The summed E-state index contributed by atoms with van der Waals surface area (Å²) in [5.41, 5.74) is 8.06. The highest BCUT2D eigenvalue weighted by Crippen LogP contribution is 2.19. The molecule has 14 nitrogen and oxygen atoms in total. The van der Waals surface area contributed by atoms with Gasteiger partial charge in [0.05, 0.1) is 12.5 Å². The van der Waals surface area contributed by atoms with Crippen molar-refractivity contribution in [2.75, 3.05) is 0 Å². The fourth-order valence-corrected chi connectivity index (χ4v) is 4.42. The molecule has 0 aliphatic heterocycles. The van der Waals surface area contributed by atoms with Crippen molar-refractivity contribution in [2.45, 2.75) is 56.3 Å². The minimum absolute atomic E-state index is 0.118. The zero-order chi connectivity index (χ0) is 31.5. The zero-order valence-corrected chi connectivity index (χ0v) is 23.0. The predicted octanol–water partition coefficient (Wildman–Crippen LogP) is 0.159. The average molecular weight is 596 g/mol. The number of amides is 3. The average Bonchev–Trinajstić information content (AvgIpc) is 3.37. The van der Waals surface area contributed by atoms with Crippen molar-refractivity contribution in [2.24, 2.45) is 5.73 Å². The summed E-state index contributed by atoms with van der Waals surface area (Å²) in [5.74, 6) is -6.90. The number of carboxylic acids is 3. The van der Waals surface area contributed by atoms with Crippen LogP contribution in [-0.2, 0) is 41.6 Å². The molecule has 4 atom stereocenters. The van der Waals surface area contributed by atoms with Crippen LogP contribution in [0.25, 0.3) is 10.9 Å². The van der Waals surface area contributed by atoms with Gasteiger partial charge < -0.3 is 42.0 Å². The molecule has 0 aliphatic rings.